The van der Waals surface area contributed by atoms with E-state index in [-0.39, 0.29) is 0 Å². The van der Waals surface area contributed by atoms with Crippen molar-refractivity contribution in [2.75, 3.05) is 20.2 Å². The Bertz CT molecular complexity index is 210. The van der Waals surface area contributed by atoms with E-state index in [1.54, 1.807) is 0 Å². The van der Waals surface area contributed by atoms with Crippen LogP contribution in [0.1, 0.15) is 47.0 Å². The molecule has 3 nitrogen and oxygen atoms in total. The molecule has 0 amide bonds. The first-order valence-corrected chi connectivity index (χ1v) is 7.15. The zero-order valence-corrected chi connectivity index (χ0v) is 12.2. The highest BCUT2D eigenvalue weighted by molar-refractivity contribution is 4.87. The van der Waals surface area contributed by atoms with Gasteiger partial charge in [-0.3, -0.25) is 4.90 Å². The zero-order valence-electron chi connectivity index (χ0n) is 12.2. The number of piperidine rings is 1. The highest BCUT2D eigenvalue weighted by atomic mass is 16.5. The van der Waals surface area contributed by atoms with Gasteiger partial charge < -0.3 is 10.1 Å². The lowest BCUT2D eigenvalue weighted by Gasteiger charge is -2.43. The summed E-state index contributed by atoms with van der Waals surface area (Å²) in [6, 6.07) is 1.87. The van der Waals surface area contributed by atoms with Crippen LogP contribution in [0.3, 0.4) is 0 Å². The number of nitrogens with one attached hydrogen (secondary N) is 1. The molecule has 0 saturated carbocycles. The average molecular weight is 242 g/mol. The van der Waals surface area contributed by atoms with Crippen LogP contribution < -0.4 is 5.32 Å². The average Bonchev–Trinajstić information content (AvgIpc) is 2.35. The number of hydrogen-bond acceptors (Lipinski definition) is 3. The Morgan fingerprint density at radius 1 is 1.41 bits per heavy atom. The van der Waals surface area contributed by atoms with Gasteiger partial charge in [-0.15, -0.1) is 0 Å². The summed E-state index contributed by atoms with van der Waals surface area (Å²) in [7, 11) is 1.84. The van der Waals surface area contributed by atoms with Gasteiger partial charge in [0.25, 0.3) is 0 Å². The van der Waals surface area contributed by atoms with Gasteiger partial charge in [0.05, 0.1) is 6.10 Å². The summed E-state index contributed by atoms with van der Waals surface area (Å²) in [6.45, 7) is 11.4. The molecule has 102 valence electrons. The Morgan fingerprint density at radius 3 is 2.59 bits per heavy atom. The lowest BCUT2D eigenvalue weighted by atomic mass is 9.95. The van der Waals surface area contributed by atoms with Crippen molar-refractivity contribution in [3.8, 4) is 0 Å². The summed E-state index contributed by atoms with van der Waals surface area (Å²) in [6.07, 6.45) is 4.01. The Hall–Kier alpha value is -0.120. The van der Waals surface area contributed by atoms with Crippen LogP contribution in [0, 0.1) is 0 Å². The van der Waals surface area contributed by atoms with Gasteiger partial charge in [0.15, 0.2) is 0 Å². The zero-order chi connectivity index (χ0) is 12.8. The van der Waals surface area contributed by atoms with Crippen molar-refractivity contribution < 1.29 is 4.74 Å². The maximum atomic E-state index is 5.48. The molecule has 0 spiro atoms. The molecule has 1 aliphatic heterocycles. The number of rotatable bonds is 6. The summed E-state index contributed by atoms with van der Waals surface area (Å²) in [4.78, 5) is 2.65. The summed E-state index contributed by atoms with van der Waals surface area (Å²) >= 11 is 0. The molecule has 0 aromatic carbocycles. The molecule has 1 rings (SSSR count). The monoisotopic (exact) mass is 242 g/mol. The van der Waals surface area contributed by atoms with Gasteiger partial charge in [0, 0.05) is 31.8 Å². The van der Waals surface area contributed by atoms with Crippen molar-refractivity contribution in [1.82, 2.24) is 10.2 Å². The molecule has 1 N–H and O–H groups in total. The number of likely N-dealkylation sites (tertiary alicyclic amines) is 1. The van der Waals surface area contributed by atoms with Crippen molar-refractivity contribution >= 4 is 0 Å². The van der Waals surface area contributed by atoms with Crippen LogP contribution in [-0.4, -0.2) is 49.3 Å². The molecule has 17 heavy (non-hydrogen) atoms. The second-order valence-corrected chi connectivity index (χ2v) is 5.28. The summed E-state index contributed by atoms with van der Waals surface area (Å²) in [5.41, 5.74) is 0. The maximum absolute atomic E-state index is 5.48. The predicted octanol–water partition coefficient (Wildman–Crippen LogP) is 2.26. The van der Waals surface area contributed by atoms with Gasteiger partial charge in [-0.25, -0.2) is 0 Å². The largest absolute Gasteiger partial charge is 0.381 e. The molecule has 1 fully saturated rings. The third-order valence-corrected chi connectivity index (χ3v) is 4.22. The lowest BCUT2D eigenvalue weighted by molar-refractivity contribution is -0.00500. The molecule has 0 radical (unpaired) electrons. The van der Waals surface area contributed by atoms with E-state index < -0.39 is 0 Å². The SMILES string of the molecule is CCNC(CC)C(C)N1CCC(OC)CC1C. The van der Waals surface area contributed by atoms with E-state index in [0.29, 0.717) is 24.2 Å². The van der Waals surface area contributed by atoms with E-state index in [9.17, 15) is 0 Å². The fourth-order valence-corrected chi connectivity index (χ4v) is 3.12. The highest BCUT2D eigenvalue weighted by Crippen LogP contribution is 2.23. The number of nitrogens with zero attached hydrogens (tertiary/aromatic N) is 1. The number of ether oxygens (including phenoxy) is 1. The van der Waals surface area contributed by atoms with E-state index in [2.05, 4.69) is 37.9 Å². The minimum absolute atomic E-state index is 0.465. The van der Waals surface area contributed by atoms with E-state index in [1.807, 2.05) is 7.11 Å². The van der Waals surface area contributed by atoms with Gasteiger partial charge in [-0.05, 0) is 39.7 Å². The summed E-state index contributed by atoms with van der Waals surface area (Å²) in [5, 5.41) is 3.60. The van der Waals surface area contributed by atoms with E-state index in [0.717, 1.165) is 6.54 Å². The molecular formula is C14H30N2O. The van der Waals surface area contributed by atoms with Crippen LogP contribution in [0.25, 0.3) is 0 Å². The summed E-state index contributed by atoms with van der Waals surface area (Å²) in [5.74, 6) is 0. The van der Waals surface area contributed by atoms with Crippen LogP contribution in [0.2, 0.25) is 0 Å². The Balaban J connectivity index is 2.53. The Kier molecular flexibility index (Phi) is 6.45. The minimum Gasteiger partial charge on any atom is -0.381 e. The molecule has 0 bridgehead atoms. The van der Waals surface area contributed by atoms with Crippen LogP contribution in [0.4, 0.5) is 0 Å². The molecule has 1 saturated heterocycles. The second-order valence-electron chi connectivity index (χ2n) is 5.28. The molecule has 1 aliphatic rings. The van der Waals surface area contributed by atoms with Gasteiger partial charge in [0.1, 0.15) is 0 Å². The van der Waals surface area contributed by atoms with Crippen molar-refractivity contribution in [3.63, 3.8) is 0 Å². The lowest BCUT2D eigenvalue weighted by Crippen LogP contribution is -2.54. The van der Waals surface area contributed by atoms with Crippen LogP contribution in [0.15, 0.2) is 0 Å². The number of likely N-dealkylation sites (N-methyl/N-ethyl adjacent to an activating group) is 1. The Morgan fingerprint density at radius 2 is 2.12 bits per heavy atom. The van der Waals surface area contributed by atoms with Crippen LogP contribution in [0.5, 0.6) is 0 Å². The molecule has 0 aromatic rings. The van der Waals surface area contributed by atoms with Crippen molar-refractivity contribution in [2.24, 2.45) is 0 Å². The summed E-state index contributed by atoms with van der Waals surface area (Å²) < 4.78 is 5.48. The van der Waals surface area contributed by atoms with Crippen molar-refractivity contribution in [2.45, 2.75) is 71.2 Å². The van der Waals surface area contributed by atoms with Gasteiger partial charge in [-0.1, -0.05) is 13.8 Å². The van der Waals surface area contributed by atoms with Gasteiger partial charge in [0.2, 0.25) is 0 Å². The molecule has 1 heterocycles. The smallest absolute Gasteiger partial charge is 0.0598 e. The maximum Gasteiger partial charge on any atom is 0.0598 e. The molecular weight excluding hydrogens is 212 g/mol. The van der Waals surface area contributed by atoms with Gasteiger partial charge >= 0.3 is 0 Å². The van der Waals surface area contributed by atoms with E-state index in [4.69, 9.17) is 4.74 Å². The second kappa shape index (κ2) is 7.34. The quantitative estimate of drug-likeness (QED) is 0.773. The van der Waals surface area contributed by atoms with Crippen LogP contribution >= 0.6 is 0 Å². The first-order valence-electron chi connectivity index (χ1n) is 7.15. The van der Waals surface area contributed by atoms with Crippen molar-refractivity contribution in [1.29, 1.82) is 0 Å². The highest BCUT2D eigenvalue weighted by Gasteiger charge is 2.31. The van der Waals surface area contributed by atoms with Crippen molar-refractivity contribution in [3.05, 3.63) is 0 Å². The first kappa shape index (κ1) is 14.9. The first-order chi connectivity index (χ1) is 8.13. The standard InChI is InChI=1S/C14H30N2O/c1-6-14(15-7-2)12(4)16-9-8-13(17-5)10-11(16)3/h11-15H,6-10H2,1-5H3. The molecule has 0 aromatic heterocycles. The van der Waals surface area contributed by atoms with E-state index >= 15 is 0 Å². The molecule has 0 aliphatic carbocycles. The molecule has 4 unspecified atom stereocenters. The third-order valence-electron chi connectivity index (χ3n) is 4.22. The topological polar surface area (TPSA) is 24.5 Å². The van der Waals surface area contributed by atoms with E-state index in [1.165, 1.54) is 25.8 Å². The third kappa shape index (κ3) is 3.94. The fourth-order valence-electron chi connectivity index (χ4n) is 3.12. The van der Waals surface area contributed by atoms with Gasteiger partial charge in [-0.2, -0.15) is 0 Å². The predicted molar refractivity (Wildman–Crippen MR) is 73.4 cm³/mol. The number of hydrogen-bond donors (Lipinski definition) is 1. The minimum atomic E-state index is 0.465. The number of methoxy groups -OCH3 is 1. The fraction of sp³-hybridized carbons (Fsp3) is 1.00. The molecule has 3 heteroatoms. The molecule has 4 atom stereocenters. The Labute approximate surface area is 107 Å². The normalized spacial score (nSPS) is 30.2. The van der Waals surface area contributed by atoms with Crippen LogP contribution in [-0.2, 0) is 4.74 Å².